The first-order valence-electron chi connectivity index (χ1n) is 16.5. The number of hydrogen-bond donors (Lipinski definition) is 1. The van der Waals surface area contributed by atoms with E-state index in [1.807, 2.05) is 43.3 Å². The van der Waals surface area contributed by atoms with E-state index < -0.39 is 22.6 Å². The van der Waals surface area contributed by atoms with Crippen molar-refractivity contribution in [3.8, 4) is 16.8 Å². The predicted octanol–water partition coefficient (Wildman–Crippen LogP) is 5.28. The highest BCUT2D eigenvalue weighted by molar-refractivity contribution is 5.89. The Balaban J connectivity index is 1.31. The van der Waals surface area contributed by atoms with Gasteiger partial charge in [-0.2, -0.15) is 0 Å². The van der Waals surface area contributed by atoms with E-state index in [0.717, 1.165) is 42.8 Å². The summed E-state index contributed by atoms with van der Waals surface area (Å²) in [6.07, 6.45) is 5.09. The van der Waals surface area contributed by atoms with Crippen LogP contribution in [0.2, 0.25) is 0 Å². The topological polar surface area (TPSA) is 92.5 Å². The summed E-state index contributed by atoms with van der Waals surface area (Å²) >= 11 is 0. The lowest BCUT2D eigenvalue weighted by molar-refractivity contribution is -0.128. The zero-order valence-electron chi connectivity index (χ0n) is 28.2. The van der Waals surface area contributed by atoms with Gasteiger partial charge in [-0.25, -0.2) is 18.7 Å². The summed E-state index contributed by atoms with van der Waals surface area (Å²) in [4.78, 5) is 49.5. The molecule has 2 aliphatic rings. The lowest BCUT2D eigenvalue weighted by atomic mass is 9.90. The molecule has 2 heterocycles. The van der Waals surface area contributed by atoms with E-state index in [9.17, 15) is 18.8 Å². The van der Waals surface area contributed by atoms with Crippen LogP contribution in [0.25, 0.3) is 27.8 Å². The second-order valence-electron chi connectivity index (χ2n) is 14.5. The maximum Gasteiger partial charge on any atom is 0.337 e. The minimum absolute atomic E-state index is 0.0226. The molecule has 6 rings (SSSR count). The number of likely N-dealkylation sites (N-methyl/N-ethyl adjacent to an activating group) is 1. The number of aromatic nitrogens is 3. The van der Waals surface area contributed by atoms with Crippen molar-refractivity contribution < 1.29 is 9.18 Å². The molecule has 0 spiro atoms. The van der Waals surface area contributed by atoms with E-state index in [1.54, 1.807) is 0 Å². The van der Waals surface area contributed by atoms with Crippen LogP contribution in [-0.2, 0) is 11.3 Å². The molecular formula is C37H45FN6O3. The smallest absolute Gasteiger partial charge is 0.337 e. The fourth-order valence-electron chi connectivity index (χ4n) is 6.67. The van der Waals surface area contributed by atoms with Gasteiger partial charge in [-0.1, -0.05) is 36.4 Å². The molecule has 2 saturated carbocycles. The number of amides is 1. The average molecular weight is 641 g/mol. The Kier molecular flexibility index (Phi) is 8.69. The molecule has 0 bridgehead atoms. The van der Waals surface area contributed by atoms with Crippen LogP contribution >= 0.6 is 0 Å². The van der Waals surface area contributed by atoms with Crippen LogP contribution in [0.3, 0.4) is 0 Å². The molecule has 9 nitrogen and oxygen atoms in total. The third kappa shape index (κ3) is 6.41. The van der Waals surface area contributed by atoms with Crippen LogP contribution in [0.15, 0.2) is 70.4 Å². The molecule has 4 aromatic rings. The van der Waals surface area contributed by atoms with Gasteiger partial charge in [0.2, 0.25) is 5.91 Å². The van der Waals surface area contributed by atoms with Gasteiger partial charge in [0, 0.05) is 24.2 Å². The van der Waals surface area contributed by atoms with Crippen molar-refractivity contribution in [1.29, 1.82) is 0 Å². The first-order valence-corrected chi connectivity index (χ1v) is 16.5. The van der Waals surface area contributed by atoms with E-state index in [1.165, 1.54) is 14.7 Å². The Bertz CT molecular complexity index is 1910. The van der Waals surface area contributed by atoms with Crippen LogP contribution in [0.1, 0.15) is 70.9 Å². The fraction of sp³-hybridized carbons (Fsp3) is 0.459. The Morgan fingerprint density at radius 2 is 1.66 bits per heavy atom. The van der Waals surface area contributed by atoms with Crippen LogP contribution in [0.4, 0.5) is 4.39 Å². The average Bonchev–Trinajstić information content (AvgIpc) is 3.85. The van der Waals surface area contributed by atoms with Gasteiger partial charge in [0.15, 0.2) is 5.65 Å². The Morgan fingerprint density at radius 1 is 0.979 bits per heavy atom. The SMILES string of the molecule is CN(Cc1ccc(-c2cccc(-n3c(=O)n(C4CCC(NC(=O)C5(N(C)C)CC5)CC4)c(=O)c4cc(F)cnc43)c2)cc1)C(C)(C)C. The normalized spacial score (nSPS) is 19.3. The summed E-state index contributed by atoms with van der Waals surface area (Å²) in [7, 11) is 5.97. The summed E-state index contributed by atoms with van der Waals surface area (Å²) in [6.45, 7) is 7.38. The lowest BCUT2D eigenvalue weighted by Crippen LogP contribution is -2.50. The molecule has 10 heteroatoms. The van der Waals surface area contributed by atoms with E-state index >= 15 is 0 Å². The molecule has 248 valence electrons. The Morgan fingerprint density at radius 3 is 2.28 bits per heavy atom. The van der Waals surface area contributed by atoms with Crippen molar-refractivity contribution in [3.05, 3.63) is 93.0 Å². The summed E-state index contributed by atoms with van der Waals surface area (Å²) in [5.74, 6) is -0.594. The number of benzene rings is 2. The maximum absolute atomic E-state index is 14.5. The van der Waals surface area contributed by atoms with Gasteiger partial charge in [0.1, 0.15) is 5.82 Å². The van der Waals surface area contributed by atoms with E-state index in [2.05, 4.69) is 67.3 Å². The first-order chi connectivity index (χ1) is 22.3. The molecule has 0 atom stereocenters. The molecule has 2 aromatic carbocycles. The van der Waals surface area contributed by atoms with Gasteiger partial charge in [0.05, 0.1) is 22.8 Å². The molecule has 2 aliphatic carbocycles. The van der Waals surface area contributed by atoms with E-state index in [-0.39, 0.29) is 34.6 Å². The maximum atomic E-state index is 14.5. The number of rotatable bonds is 8. The highest BCUT2D eigenvalue weighted by Crippen LogP contribution is 2.41. The van der Waals surface area contributed by atoms with Crippen LogP contribution in [0.5, 0.6) is 0 Å². The molecule has 0 saturated heterocycles. The van der Waals surface area contributed by atoms with Crippen LogP contribution < -0.4 is 16.6 Å². The van der Waals surface area contributed by atoms with Gasteiger partial charge < -0.3 is 5.32 Å². The monoisotopic (exact) mass is 640 g/mol. The van der Waals surface area contributed by atoms with Crippen molar-refractivity contribution in [2.75, 3.05) is 21.1 Å². The Hall–Kier alpha value is -4.15. The first kappa shape index (κ1) is 32.8. The number of halogens is 1. The van der Waals surface area contributed by atoms with Crippen molar-refractivity contribution >= 4 is 16.9 Å². The van der Waals surface area contributed by atoms with Gasteiger partial charge in [-0.05, 0) is 115 Å². The highest BCUT2D eigenvalue weighted by atomic mass is 19.1. The fourth-order valence-corrected chi connectivity index (χ4v) is 6.67. The molecule has 0 aliphatic heterocycles. The molecular weight excluding hydrogens is 595 g/mol. The van der Waals surface area contributed by atoms with Crippen molar-refractivity contribution in [2.24, 2.45) is 0 Å². The summed E-state index contributed by atoms with van der Waals surface area (Å²) in [5.41, 5.74) is 2.33. The quantitative estimate of drug-likeness (QED) is 0.282. The van der Waals surface area contributed by atoms with Crippen LogP contribution in [-0.4, -0.2) is 68.1 Å². The van der Waals surface area contributed by atoms with Crippen molar-refractivity contribution in [3.63, 3.8) is 0 Å². The zero-order chi connectivity index (χ0) is 33.7. The standard InChI is InChI=1S/C37H45FN6O3/c1-36(2,3)42(6)23-24-10-12-25(13-11-24)26-8-7-9-30(20-26)43-32-31(21-27(38)22-39-32)33(45)44(35(43)47)29-16-14-28(15-17-29)40-34(46)37(18-19-37)41(4)5/h7-13,20-22,28-29H,14-19,23H2,1-6H3,(H,40,46). The van der Waals surface area contributed by atoms with E-state index in [0.29, 0.717) is 31.4 Å². The minimum Gasteiger partial charge on any atom is -0.352 e. The van der Waals surface area contributed by atoms with Crippen molar-refractivity contribution in [1.82, 2.24) is 29.2 Å². The second kappa shape index (κ2) is 12.5. The molecule has 1 amide bonds. The molecule has 0 radical (unpaired) electrons. The number of pyridine rings is 1. The number of nitrogens with one attached hydrogen (secondary N) is 1. The third-order valence-corrected chi connectivity index (χ3v) is 10.2. The van der Waals surface area contributed by atoms with Gasteiger partial charge >= 0.3 is 5.69 Å². The molecule has 2 aromatic heterocycles. The number of fused-ring (bicyclic) bond motifs is 1. The molecule has 0 unspecified atom stereocenters. The van der Waals surface area contributed by atoms with Crippen LogP contribution in [0, 0.1) is 5.82 Å². The van der Waals surface area contributed by atoms with Gasteiger partial charge in [0.25, 0.3) is 5.56 Å². The Labute approximate surface area is 275 Å². The third-order valence-electron chi connectivity index (χ3n) is 10.2. The van der Waals surface area contributed by atoms with Gasteiger partial charge in [-0.15, -0.1) is 0 Å². The molecule has 2 fully saturated rings. The summed E-state index contributed by atoms with van der Waals surface area (Å²) in [5, 5.41) is 3.26. The predicted molar refractivity (Wildman–Crippen MR) is 183 cm³/mol. The number of carbonyl (C=O) groups is 1. The minimum atomic E-state index is -0.640. The van der Waals surface area contributed by atoms with Gasteiger partial charge in [-0.3, -0.25) is 24.0 Å². The highest BCUT2D eigenvalue weighted by Gasteiger charge is 2.52. The largest absolute Gasteiger partial charge is 0.352 e. The zero-order valence-corrected chi connectivity index (χ0v) is 28.2. The number of hydrogen-bond acceptors (Lipinski definition) is 6. The summed E-state index contributed by atoms with van der Waals surface area (Å²) < 4.78 is 17.2. The van der Waals surface area contributed by atoms with Crippen molar-refractivity contribution in [2.45, 2.75) is 89.0 Å². The van der Waals surface area contributed by atoms with E-state index in [4.69, 9.17) is 0 Å². The summed E-state index contributed by atoms with van der Waals surface area (Å²) in [6, 6.07) is 16.7. The second-order valence-corrected chi connectivity index (χ2v) is 14.5. The lowest BCUT2D eigenvalue weighted by Gasteiger charge is -2.32. The molecule has 47 heavy (non-hydrogen) atoms. The molecule has 1 N–H and O–H groups in total. The number of nitrogens with zero attached hydrogens (tertiary/aromatic N) is 5. The number of carbonyl (C=O) groups excluding carboxylic acids is 1.